The normalized spacial score (nSPS) is 25.5. The zero-order valence-electron chi connectivity index (χ0n) is 16.9. The van der Waals surface area contributed by atoms with Crippen LogP contribution in [-0.4, -0.2) is 18.2 Å². The number of nitrogens with one attached hydrogen (secondary N) is 1. The molecule has 0 radical (unpaired) electrons. The third-order valence-corrected chi connectivity index (χ3v) is 5.52. The lowest BCUT2D eigenvalue weighted by Gasteiger charge is -2.41. The van der Waals surface area contributed by atoms with E-state index in [1.54, 1.807) is 6.92 Å². The van der Waals surface area contributed by atoms with Gasteiger partial charge < -0.3 is 19.7 Å². The molecule has 1 amide bonds. The van der Waals surface area contributed by atoms with Crippen LogP contribution in [0.3, 0.4) is 0 Å². The lowest BCUT2D eigenvalue weighted by atomic mass is 9.89. The molecule has 29 heavy (non-hydrogen) atoms. The Morgan fingerprint density at radius 3 is 2.55 bits per heavy atom. The first-order chi connectivity index (χ1) is 14.0. The molecule has 6 nitrogen and oxygen atoms in total. The molecule has 2 aromatic carbocycles. The topological polar surface area (TPSA) is 74.6 Å². The first-order valence-electron chi connectivity index (χ1n) is 9.93. The number of amides is 1. The summed E-state index contributed by atoms with van der Waals surface area (Å²) in [5, 5.41) is 12.5. The van der Waals surface area contributed by atoms with Crippen LogP contribution in [0.5, 0.6) is 0 Å². The van der Waals surface area contributed by atoms with Gasteiger partial charge >= 0.3 is 0 Å². The van der Waals surface area contributed by atoms with Crippen molar-refractivity contribution in [2.24, 2.45) is 0 Å². The molecule has 1 fully saturated rings. The van der Waals surface area contributed by atoms with Crippen molar-refractivity contribution >= 4 is 17.3 Å². The van der Waals surface area contributed by atoms with E-state index in [1.165, 1.54) is 0 Å². The standard InChI is InChI=1S/C23H25N3O3/c1-14-12-21(25-19-7-4-17(5-8-19)10-11-24)20-13-18(23-28-16(3)29-23)6-9-22(20)26(14)15(2)27/h4-9,13-14,16,21,23,25H,10,12H2,1-3H3. The van der Waals surface area contributed by atoms with Crippen LogP contribution in [0.2, 0.25) is 0 Å². The second kappa shape index (κ2) is 7.86. The summed E-state index contributed by atoms with van der Waals surface area (Å²) in [7, 11) is 0. The van der Waals surface area contributed by atoms with E-state index in [1.807, 2.05) is 48.2 Å². The summed E-state index contributed by atoms with van der Waals surface area (Å²) >= 11 is 0. The smallest absolute Gasteiger partial charge is 0.224 e. The summed E-state index contributed by atoms with van der Waals surface area (Å²) in [6, 6.07) is 16.3. The molecule has 0 bridgehead atoms. The van der Waals surface area contributed by atoms with Gasteiger partial charge in [-0.05, 0) is 55.7 Å². The van der Waals surface area contributed by atoms with E-state index < -0.39 is 0 Å². The Morgan fingerprint density at radius 2 is 1.93 bits per heavy atom. The Balaban J connectivity index is 1.65. The quantitative estimate of drug-likeness (QED) is 0.834. The van der Waals surface area contributed by atoms with E-state index in [0.29, 0.717) is 6.42 Å². The Morgan fingerprint density at radius 1 is 1.21 bits per heavy atom. The molecular weight excluding hydrogens is 366 g/mol. The average Bonchev–Trinajstić information content (AvgIpc) is 2.67. The molecular formula is C23H25N3O3. The summed E-state index contributed by atoms with van der Waals surface area (Å²) in [6.45, 7) is 5.55. The average molecular weight is 391 g/mol. The maximum Gasteiger partial charge on any atom is 0.224 e. The molecule has 2 heterocycles. The van der Waals surface area contributed by atoms with Crippen molar-refractivity contribution in [2.75, 3.05) is 10.2 Å². The summed E-state index contributed by atoms with van der Waals surface area (Å²) in [6.07, 6.45) is 0.649. The fourth-order valence-corrected chi connectivity index (χ4v) is 4.17. The highest BCUT2D eigenvalue weighted by molar-refractivity contribution is 5.93. The second-order valence-electron chi connectivity index (χ2n) is 7.69. The van der Waals surface area contributed by atoms with Gasteiger partial charge in [-0.2, -0.15) is 5.26 Å². The fourth-order valence-electron chi connectivity index (χ4n) is 4.17. The first kappa shape index (κ1) is 19.4. The highest BCUT2D eigenvalue weighted by atomic mass is 16.9. The van der Waals surface area contributed by atoms with Crippen LogP contribution < -0.4 is 10.2 Å². The lowest BCUT2D eigenvalue weighted by molar-refractivity contribution is -0.382. The SMILES string of the molecule is CC(=O)N1c2ccc(C3OC(C)O3)cc2C(Nc2ccc(CC#N)cc2)CC1C. The maximum atomic E-state index is 12.3. The number of carbonyl (C=O) groups excluding carboxylic acids is 1. The second-order valence-corrected chi connectivity index (χ2v) is 7.69. The number of nitriles is 1. The van der Waals surface area contributed by atoms with E-state index >= 15 is 0 Å². The first-order valence-corrected chi connectivity index (χ1v) is 9.93. The molecule has 6 heteroatoms. The molecule has 2 aliphatic heterocycles. The molecule has 2 aromatic rings. The number of carbonyl (C=O) groups is 1. The van der Waals surface area contributed by atoms with Crippen molar-refractivity contribution in [3.05, 3.63) is 59.2 Å². The predicted molar refractivity (Wildman–Crippen MR) is 110 cm³/mol. The largest absolute Gasteiger partial charge is 0.378 e. The lowest BCUT2D eigenvalue weighted by Crippen LogP contribution is -2.43. The molecule has 0 aliphatic carbocycles. The van der Waals surface area contributed by atoms with Gasteiger partial charge in [0.05, 0.1) is 18.5 Å². The highest BCUT2D eigenvalue weighted by Gasteiger charge is 2.35. The van der Waals surface area contributed by atoms with Crippen molar-refractivity contribution in [1.82, 2.24) is 0 Å². The zero-order chi connectivity index (χ0) is 20.5. The zero-order valence-corrected chi connectivity index (χ0v) is 16.9. The minimum absolute atomic E-state index is 0.0376. The van der Waals surface area contributed by atoms with Gasteiger partial charge in [-0.15, -0.1) is 0 Å². The van der Waals surface area contributed by atoms with Crippen molar-refractivity contribution in [3.8, 4) is 6.07 Å². The molecule has 0 aromatic heterocycles. The number of rotatable bonds is 4. The molecule has 0 saturated carbocycles. The van der Waals surface area contributed by atoms with E-state index in [-0.39, 0.29) is 30.6 Å². The summed E-state index contributed by atoms with van der Waals surface area (Å²) in [5.41, 5.74) is 4.92. The molecule has 2 atom stereocenters. The third-order valence-electron chi connectivity index (χ3n) is 5.52. The summed E-state index contributed by atoms with van der Waals surface area (Å²) < 4.78 is 11.3. The Labute approximate surface area is 171 Å². The highest BCUT2D eigenvalue weighted by Crippen LogP contribution is 2.42. The molecule has 1 saturated heterocycles. The van der Waals surface area contributed by atoms with Crippen molar-refractivity contribution < 1.29 is 14.3 Å². The number of ether oxygens (including phenoxy) is 2. The van der Waals surface area contributed by atoms with Crippen LogP contribution in [-0.2, 0) is 20.7 Å². The number of fused-ring (bicyclic) bond motifs is 1. The van der Waals surface area contributed by atoms with Crippen LogP contribution in [0.4, 0.5) is 11.4 Å². The van der Waals surface area contributed by atoms with Crippen LogP contribution in [0.15, 0.2) is 42.5 Å². The van der Waals surface area contributed by atoms with Crippen molar-refractivity contribution in [2.45, 2.75) is 58.3 Å². The number of hydrogen-bond donors (Lipinski definition) is 1. The van der Waals surface area contributed by atoms with E-state index in [2.05, 4.69) is 24.4 Å². The summed E-state index contributed by atoms with van der Waals surface area (Å²) in [4.78, 5) is 14.2. The molecule has 150 valence electrons. The van der Waals surface area contributed by atoms with Crippen LogP contribution in [0, 0.1) is 11.3 Å². The van der Waals surface area contributed by atoms with Gasteiger partial charge in [0.2, 0.25) is 5.91 Å². The number of hydrogen-bond acceptors (Lipinski definition) is 5. The monoisotopic (exact) mass is 391 g/mol. The van der Waals surface area contributed by atoms with Gasteiger partial charge in [-0.1, -0.05) is 18.2 Å². The molecule has 0 spiro atoms. The number of benzene rings is 2. The Kier molecular flexibility index (Phi) is 5.27. The number of anilines is 2. The minimum atomic E-state index is -0.355. The van der Waals surface area contributed by atoms with Crippen LogP contribution in [0.25, 0.3) is 0 Å². The molecule has 1 N–H and O–H groups in total. The van der Waals surface area contributed by atoms with Gasteiger partial charge in [0.1, 0.15) is 0 Å². The van der Waals surface area contributed by atoms with Crippen LogP contribution in [0.1, 0.15) is 56.2 Å². The van der Waals surface area contributed by atoms with Crippen molar-refractivity contribution in [1.29, 1.82) is 5.26 Å². The van der Waals surface area contributed by atoms with Gasteiger partial charge in [0, 0.05) is 29.9 Å². The van der Waals surface area contributed by atoms with Gasteiger partial charge in [-0.3, -0.25) is 4.79 Å². The maximum absolute atomic E-state index is 12.3. The van der Waals surface area contributed by atoms with Crippen molar-refractivity contribution in [3.63, 3.8) is 0 Å². The van der Waals surface area contributed by atoms with Crippen LogP contribution >= 0.6 is 0 Å². The van der Waals surface area contributed by atoms with E-state index in [9.17, 15) is 4.79 Å². The van der Waals surface area contributed by atoms with Gasteiger partial charge in [0.15, 0.2) is 12.6 Å². The fraction of sp³-hybridized carbons (Fsp3) is 0.391. The van der Waals surface area contributed by atoms with Gasteiger partial charge in [0.25, 0.3) is 0 Å². The predicted octanol–water partition coefficient (Wildman–Crippen LogP) is 4.44. The van der Waals surface area contributed by atoms with E-state index in [4.69, 9.17) is 14.7 Å². The van der Waals surface area contributed by atoms with E-state index in [0.717, 1.165) is 34.5 Å². The third kappa shape index (κ3) is 3.84. The molecule has 2 unspecified atom stereocenters. The Bertz CT molecular complexity index is 945. The molecule has 4 rings (SSSR count). The summed E-state index contributed by atoms with van der Waals surface area (Å²) in [5.74, 6) is 0.0376. The minimum Gasteiger partial charge on any atom is -0.378 e. The molecule has 2 aliphatic rings. The van der Waals surface area contributed by atoms with Gasteiger partial charge in [-0.25, -0.2) is 0 Å². The Hall–Kier alpha value is -2.88. The number of nitrogens with zero attached hydrogens (tertiary/aromatic N) is 2.